The maximum absolute atomic E-state index is 5.39. The van der Waals surface area contributed by atoms with Crippen LogP contribution in [-0.4, -0.2) is 36.7 Å². The van der Waals surface area contributed by atoms with Crippen molar-refractivity contribution in [3.8, 4) is 0 Å². The minimum atomic E-state index is 0.387. The summed E-state index contributed by atoms with van der Waals surface area (Å²) in [7, 11) is 0. The van der Waals surface area contributed by atoms with Crippen molar-refractivity contribution >= 4 is 0 Å². The Kier molecular flexibility index (Phi) is 2.69. The van der Waals surface area contributed by atoms with Gasteiger partial charge < -0.3 is 4.74 Å². The van der Waals surface area contributed by atoms with Crippen LogP contribution in [0.5, 0.6) is 0 Å². The molecule has 1 heterocycles. The average molecular weight is 142 g/mol. The Bertz CT molecular complexity index is 103. The van der Waals surface area contributed by atoms with Crippen molar-refractivity contribution in [1.82, 2.24) is 4.90 Å². The third-order valence-electron chi connectivity index (χ3n) is 1.90. The van der Waals surface area contributed by atoms with Gasteiger partial charge in [-0.25, -0.2) is 0 Å². The van der Waals surface area contributed by atoms with Gasteiger partial charge in [-0.15, -0.1) is 0 Å². The van der Waals surface area contributed by atoms with E-state index in [1.54, 1.807) is 0 Å². The van der Waals surface area contributed by atoms with Crippen LogP contribution in [0.3, 0.4) is 0 Å². The Morgan fingerprint density at radius 1 is 1.70 bits per heavy atom. The van der Waals surface area contributed by atoms with Crippen molar-refractivity contribution in [3.63, 3.8) is 0 Å². The van der Waals surface area contributed by atoms with Gasteiger partial charge in [0.25, 0.3) is 0 Å². The van der Waals surface area contributed by atoms with Gasteiger partial charge in [-0.2, -0.15) is 0 Å². The molecular weight excluding hydrogens is 126 g/mol. The maximum atomic E-state index is 5.39. The molecule has 0 aromatic rings. The summed E-state index contributed by atoms with van der Waals surface area (Å²) >= 11 is 0. The highest BCUT2D eigenvalue weighted by Gasteiger charge is 2.17. The second-order valence-electron chi connectivity index (χ2n) is 3.03. The summed E-state index contributed by atoms with van der Waals surface area (Å²) < 4.78 is 5.39. The molecule has 1 rings (SSSR count). The lowest BCUT2D eigenvalue weighted by molar-refractivity contribution is -0.0256. The largest absolute Gasteiger partial charge is 0.376 e. The molecule has 0 spiro atoms. The van der Waals surface area contributed by atoms with Gasteiger partial charge in [0.2, 0.25) is 0 Å². The molecule has 0 aliphatic carbocycles. The first-order valence-electron chi connectivity index (χ1n) is 3.89. The second kappa shape index (κ2) is 3.35. The van der Waals surface area contributed by atoms with E-state index in [0.29, 0.717) is 12.1 Å². The SMILES string of the molecule is [CH2]C(C)N1CCOC(C)C1. The lowest BCUT2D eigenvalue weighted by Crippen LogP contribution is -2.44. The van der Waals surface area contributed by atoms with Crippen molar-refractivity contribution in [3.05, 3.63) is 6.92 Å². The van der Waals surface area contributed by atoms with Crippen LogP contribution in [0.1, 0.15) is 13.8 Å². The fourth-order valence-corrected chi connectivity index (χ4v) is 1.25. The fraction of sp³-hybridized carbons (Fsp3) is 0.875. The molecule has 1 saturated heterocycles. The van der Waals surface area contributed by atoms with Gasteiger partial charge in [-0.3, -0.25) is 4.90 Å². The van der Waals surface area contributed by atoms with E-state index < -0.39 is 0 Å². The van der Waals surface area contributed by atoms with Crippen LogP contribution in [0.25, 0.3) is 0 Å². The van der Waals surface area contributed by atoms with Crippen LogP contribution in [-0.2, 0) is 4.74 Å². The first-order valence-corrected chi connectivity index (χ1v) is 3.89. The van der Waals surface area contributed by atoms with Crippen molar-refractivity contribution in [2.24, 2.45) is 0 Å². The highest BCUT2D eigenvalue weighted by molar-refractivity contribution is 4.74. The molecule has 0 amide bonds. The molecule has 2 heteroatoms. The van der Waals surface area contributed by atoms with E-state index in [-0.39, 0.29) is 0 Å². The van der Waals surface area contributed by atoms with E-state index in [1.165, 1.54) is 0 Å². The topological polar surface area (TPSA) is 12.5 Å². The number of nitrogens with zero attached hydrogens (tertiary/aromatic N) is 1. The van der Waals surface area contributed by atoms with E-state index in [0.717, 1.165) is 19.7 Å². The minimum Gasteiger partial charge on any atom is -0.376 e. The minimum absolute atomic E-state index is 0.387. The van der Waals surface area contributed by atoms with Crippen LogP contribution in [0.15, 0.2) is 0 Å². The highest BCUT2D eigenvalue weighted by atomic mass is 16.5. The molecule has 2 nitrogen and oxygen atoms in total. The van der Waals surface area contributed by atoms with Crippen LogP contribution in [0.4, 0.5) is 0 Å². The maximum Gasteiger partial charge on any atom is 0.0674 e. The fourth-order valence-electron chi connectivity index (χ4n) is 1.25. The predicted molar refractivity (Wildman–Crippen MR) is 41.8 cm³/mol. The van der Waals surface area contributed by atoms with Crippen LogP contribution < -0.4 is 0 Å². The lowest BCUT2D eigenvalue weighted by Gasteiger charge is -2.33. The predicted octanol–water partition coefficient (Wildman–Crippen LogP) is 0.930. The third kappa shape index (κ3) is 1.96. The average Bonchev–Trinajstić information content (AvgIpc) is 1.88. The summed E-state index contributed by atoms with van der Waals surface area (Å²) in [6, 6.07) is 0.423. The zero-order chi connectivity index (χ0) is 7.56. The van der Waals surface area contributed by atoms with Crippen molar-refractivity contribution < 1.29 is 4.74 Å². The Hall–Kier alpha value is -0.0800. The van der Waals surface area contributed by atoms with Gasteiger partial charge in [-0.1, -0.05) is 0 Å². The van der Waals surface area contributed by atoms with Crippen molar-refractivity contribution in [2.45, 2.75) is 26.0 Å². The van der Waals surface area contributed by atoms with Crippen LogP contribution in [0, 0.1) is 6.92 Å². The monoisotopic (exact) mass is 142 g/mol. The number of rotatable bonds is 1. The van der Waals surface area contributed by atoms with E-state index in [2.05, 4.69) is 25.7 Å². The van der Waals surface area contributed by atoms with E-state index in [9.17, 15) is 0 Å². The first kappa shape index (κ1) is 8.02. The number of hydrogen-bond donors (Lipinski definition) is 0. The molecule has 1 aliphatic rings. The molecule has 0 saturated carbocycles. The van der Waals surface area contributed by atoms with Gasteiger partial charge >= 0.3 is 0 Å². The highest BCUT2D eigenvalue weighted by Crippen LogP contribution is 2.06. The van der Waals surface area contributed by atoms with E-state index in [4.69, 9.17) is 4.74 Å². The number of morpholine rings is 1. The normalized spacial score (nSPS) is 29.4. The quantitative estimate of drug-likeness (QED) is 0.540. The van der Waals surface area contributed by atoms with Crippen molar-refractivity contribution in [2.75, 3.05) is 19.7 Å². The first-order chi connectivity index (χ1) is 4.70. The summed E-state index contributed by atoms with van der Waals surface area (Å²) in [4.78, 5) is 2.34. The van der Waals surface area contributed by atoms with Gasteiger partial charge in [-0.05, 0) is 20.8 Å². The molecule has 1 radical (unpaired) electrons. The molecule has 0 bridgehead atoms. The zero-order valence-corrected chi connectivity index (χ0v) is 6.84. The van der Waals surface area contributed by atoms with Crippen LogP contribution in [0.2, 0.25) is 0 Å². The molecule has 59 valence electrons. The Morgan fingerprint density at radius 2 is 2.40 bits per heavy atom. The summed E-state index contributed by atoms with van der Waals surface area (Å²) in [6.45, 7) is 11.1. The Morgan fingerprint density at radius 3 is 2.80 bits per heavy atom. The van der Waals surface area contributed by atoms with E-state index >= 15 is 0 Å². The lowest BCUT2D eigenvalue weighted by atomic mass is 10.2. The number of hydrogen-bond acceptors (Lipinski definition) is 2. The molecule has 2 unspecified atom stereocenters. The smallest absolute Gasteiger partial charge is 0.0674 e. The molecule has 0 aromatic carbocycles. The van der Waals surface area contributed by atoms with Gasteiger partial charge in [0.15, 0.2) is 0 Å². The Balaban J connectivity index is 2.32. The van der Waals surface area contributed by atoms with Gasteiger partial charge in [0.05, 0.1) is 12.7 Å². The molecule has 1 fully saturated rings. The summed E-state index contributed by atoms with van der Waals surface area (Å²) in [5, 5.41) is 0. The molecule has 10 heavy (non-hydrogen) atoms. The Labute approximate surface area is 63.2 Å². The van der Waals surface area contributed by atoms with Gasteiger partial charge in [0.1, 0.15) is 0 Å². The van der Waals surface area contributed by atoms with Crippen LogP contribution >= 0.6 is 0 Å². The second-order valence-corrected chi connectivity index (χ2v) is 3.03. The van der Waals surface area contributed by atoms with Crippen molar-refractivity contribution in [1.29, 1.82) is 0 Å². The molecule has 1 aliphatic heterocycles. The molecule has 0 aromatic heterocycles. The third-order valence-corrected chi connectivity index (χ3v) is 1.90. The number of ether oxygens (including phenoxy) is 1. The molecule has 2 atom stereocenters. The standard InChI is InChI=1S/C8H16NO/c1-7(2)9-4-5-10-8(3)6-9/h7-8H,1,4-6H2,2-3H3. The van der Waals surface area contributed by atoms with E-state index in [1.807, 2.05) is 0 Å². The summed E-state index contributed by atoms with van der Waals surface area (Å²) in [5.41, 5.74) is 0. The summed E-state index contributed by atoms with van der Waals surface area (Å²) in [6.07, 6.45) is 0.387. The molecular formula is C8H16NO. The summed E-state index contributed by atoms with van der Waals surface area (Å²) in [5.74, 6) is 0. The van der Waals surface area contributed by atoms with Gasteiger partial charge in [0, 0.05) is 19.1 Å². The zero-order valence-electron chi connectivity index (χ0n) is 6.84. The molecule has 0 N–H and O–H groups in total.